The summed E-state index contributed by atoms with van der Waals surface area (Å²) in [4.78, 5) is 47.1. The zero-order valence-corrected chi connectivity index (χ0v) is 14.1. The van der Waals surface area contributed by atoms with Crippen LogP contribution in [0.25, 0.3) is 0 Å². The van der Waals surface area contributed by atoms with E-state index in [0.29, 0.717) is 0 Å². The van der Waals surface area contributed by atoms with Gasteiger partial charge in [-0.15, -0.1) is 0 Å². The maximum absolute atomic E-state index is 12.8. The minimum absolute atomic E-state index is 0.0218. The fourth-order valence-corrected chi connectivity index (χ4v) is 2.41. The summed E-state index contributed by atoms with van der Waals surface area (Å²) in [6, 6.07) is 4.21. The Bertz CT molecular complexity index is 766. The molecule has 146 valence electrons. The smallest absolute Gasteiger partial charge is 0.416 e. The molecular weight excluding hydrogens is 371 g/mol. The zero-order valence-electron chi connectivity index (χ0n) is 14.1. The molecule has 0 bridgehead atoms. The van der Waals surface area contributed by atoms with Crippen LogP contribution in [0, 0.1) is 5.92 Å². The van der Waals surface area contributed by atoms with Gasteiger partial charge in [0.2, 0.25) is 11.8 Å². The van der Waals surface area contributed by atoms with Crippen LogP contribution in [0.15, 0.2) is 24.3 Å². The van der Waals surface area contributed by atoms with Crippen molar-refractivity contribution in [3.63, 3.8) is 0 Å². The van der Waals surface area contributed by atoms with Gasteiger partial charge in [-0.25, -0.2) is 0 Å². The van der Waals surface area contributed by atoms with E-state index < -0.39 is 48.0 Å². The average Bonchev–Trinajstić information content (AvgIpc) is 2.99. The summed E-state index contributed by atoms with van der Waals surface area (Å²) in [5, 5.41) is 0. The Morgan fingerprint density at radius 1 is 1.26 bits per heavy atom. The second-order valence-corrected chi connectivity index (χ2v) is 5.79. The number of hydrogen-bond acceptors (Lipinski definition) is 5. The van der Waals surface area contributed by atoms with Crippen molar-refractivity contribution in [3.8, 4) is 0 Å². The van der Waals surface area contributed by atoms with E-state index in [9.17, 15) is 32.3 Å². The van der Waals surface area contributed by atoms with Crippen molar-refractivity contribution in [2.75, 3.05) is 18.1 Å². The summed E-state index contributed by atoms with van der Waals surface area (Å²) in [7, 11) is 0. The minimum atomic E-state index is -4.56. The molecule has 8 nitrogen and oxygen atoms in total. The number of ether oxygens (including phenoxy) is 1. The summed E-state index contributed by atoms with van der Waals surface area (Å²) in [5.41, 5.74) is 3.11. The van der Waals surface area contributed by atoms with Crippen LogP contribution in [0.5, 0.6) is 0 Å². The number of nitrogens with zero attached hydrogens (tertiary/aromatic N) is 1. The lowest BCUT2D eigenvalue weighted by Gasteiger charge is -2.18. The van der Waals surface area contributed by atoms with Crippen LogP contribution in [0.3, 0.4) is 0 Å². The third-order valence-electron chi connectivity index (χ3n) is 3.67. The first-order valence-electron chi connectivity index (χ1n) is 7.77. The van der Waals surface area contributed by atoms with E-state index in [1.165, 1.54) is 19.1 Å². The van der Waals surface area contributed by atoms with E-state index in [1.54, 1.807) is 0 Å². The largest absolute Gasteiger partial charge is 0.455 e. The number of halogens is 3. The number of amides is 3. The molecule has 0 saturated carbocycles. The SMILES string of the molecule is CC(=O)NNC(=O)COC(=O)[C@@H]1CC(=O)N(c2cccc(C(F)(F)F)c2)C1. The van der Waals surface area contributed by atoms with Gasteiger partial charge in [-0.1, -0.05) is 6.07 Å². The van der Waals surface area contributed by atoms with Crippen molar-refractivity contribution < 1.29 is 37.1 Å². The third kappa shape index (κ3) is 5.43. The van der Waals surface area contributed by atoms with Gasteiger partial charge in [-0.2, -0.15) is 13.2 Å². The first-order chi connectivity index (χ1) is 12.6. The van der Waals surface area contributed by atoms with Crippen molar-refractivity contribution in [1.82, 2.24) is 10.9 Å². The Morgan fingerprint density at radius 2 is 1.96 bits per heavy atom. The molecule has 1 aliphatic heterocycles. The molecule has 0 aliphatic carbocycles. The number of rotatable bonds is 4. The molecule has 1 atom stereocenters. The first-order valence-corrected chi connectivity index (χ1v) is 7.77. The molecule has 2 rings (SSSR count). The quantitative estimate of drug-likeness (QED) is 0.587. The molecule has 1 aromatic carbocycles. The predicted molar refractivity (Wildman–Crippen MR) is 84.8 cm³/mol. The molecule has 1 aromatic rings. The van der Waals surface area contributed by atoms with E-state index in [0.717, 1.165) is 17.0 Å². The lowest BCUT2D eigenvalue weighted by molar-refractivity contribution is -0.152. The monoisotopic (exact) mass is 387 g/mol. The lowest BCUT2D eigenvalue weighted by atomic mass is 10.1. The summed E-state index contributed by atoms with van der Waals surface area (Å²) in [6.45, 7) is 0.332. The molecule has 0 unspecified atom stereocenters. The number of benzene rings is 1. The molecule has 2 N–H and O–H groups in total. The predicted octanol–water partition coefficient (Wildman–Crippen LogP) is 0.769. The van der Waals surface area contributed by atoms with Crippen molar-refractivity contribution in [1.29, 1.82) is 0 Å². The first kappa shape index (κ1) is 20.2. The zero-order chi connectivity index (χ0) is 20.2. The van der Waals surface area contributed by atoms with Gasteiger partial charge in [0.15, 0.2) is 6.61 Å². The molecule has 27 heavy (non-hydrogen) atoms. The van der Waals surface area contributed by atoms with Gasteiger partial charge in [-0.05, 0) is 18.2 Å². The number of hydrogen-bond donors (Lipinski definition) is 2. The molecule has 0 aromatic heterocycles. The van der Waals surface area contributed by atoms with Crippen LogP contribution >= 0.6 is 0 Å². The van der Waals surface area contributed by atoms with Crippen molar-refractivity contribution in [3.05, 3.63) is 29.8 Å². The highest BCUT2D eigenvalue weighted by molar-refractivity contribution is 5.99. The topological polar surface area (TPSA) is 105 Å². The summed E-state index contributed by atoms with van der Waals surface area (Å²) < 4.78 is 43.2. The van der Waals surface area contributed by atoms with E-state index in [-0.39, 0.29) is 18.7 Å². The maximum atomic E-state index is 12.8. The normalized spacial score (nSPS) is 16.8. The van der Waals surface area contributed by atoms with Crippen molar-refractivity contribution >= 4 is 29.4 Å². The molecule has 1 fully saturated rings. The van der Waals surface area contributed by atoms with Crippen LogP contribution in [0.1, 0.15) is 18.9 Å². The standard InChI is InChI=1S/C16H16F3N3O5/c1-9(23)20-21-13(24)8-27-15(26)10-5-14(25)22(7-10)12-4-2-3-11(6-12)16(17,18)19/h2-4,6,10H,5,7-8H2,1H3,(H,20,23)(H,21,24)/t10-/m1/s1. The number of nitrogens with one attached hydrogen (secondary N) is 2. The van der Waals surface area contributed by atoms with Gasteiger partial charge < -0.3 is 9.64 Å². The fraction of sp³-hybridized carbons (Fsp3) is 0.375. The highest BCUT2D eigenvalue weighted by Crippen LogP contribution is 2.33. The molecule has 0 radical (unpaired) electrons. The summed E-state index contributed by atoms with van der Waals surface area (Å²) in [5.74, 6) is -3.58. The average molecular weight is 387 g/mol. The van der Waals surface area contributed by atoms with E-state index in [1.807, 2.05) is 10.9 Å². The van der Waals surface area contributed by atoms with Gasteiger partial charge in [0, 0.05) is 25.6 Å². The number of esters is 1. The number of anilines is 1. The maximum Gasteiger partial charge on any atom is 0.416 e. The fourth-order valence-electron chi connectivity index (χ4n) is 2.41. The molecule has 3 amide bonds. The van der Waals surface area contributed by atoms with E-state index in [2.05, 4.69) is 0 Å². The molecule has 0 spiro atoms. The highest BCUT2D eigenvalue weighted by atomic mass is 19.4. The Kier molecular flexibility index (Phi) is 6.03. The van der Waals surface area contributed by atoms with Gasteiger partial charge >= 0.3 is 12.1 Å². The second kappa shape index (κ2) is 8.06. The van der Waals surface area contributed by atoms with Crippen LogP contribution in [-0.2, 0) is 30.1 Å². The van der Waals surface area contributed by atoms with Gasteiger partial charge in [0.1, 0.15) is 0 Å². The van der Waals surface area contributed by atoms with Gasteiger partial charge in [0.05, 0.1) is 11.5 Å². The summed E-state index contributed by atoms with van der Waals surface area (Å²) >= 11 is 0. The lowest BCUT2D eigenvalue weighted by Crippen LogP contribution is -2.42. The molecule has 1 heterocycles. The van der Waals surface area contributed by atoms with E-state index >= 15 is 0 Å². The minimum Gasteiger partial charge on any atom is -0.455 e. The molecule has 1 saturated heterocycles. The molecule has 11 heteroatoms. The number of alkyl halides is 3. The van der Waals surface area contributed by atoms with Crippen LogP contribution < -0.4 is 15.8 Å². The van der Waals surface area contributed by atoms with Gasteiger partial charge in [-0.3, -0.25) is 30.0 Å². The number of carbonyl (C=O) groups excluding carboxylic acids is 4. The van der Waals surface area contributed by atoms with Crippen LogP contribution in [0.4, 0.5) is 18.9 Å². The second-order valence-electron chi connectivity index (χ2n) is 5.79. The van der Waals surface area contributed by atoms with Crippen LogP contribution in [-0.4, -0.2) is 36.8 Å². The Hall–Kier alpha value is -3.11. The third-order valence-corrected chi connectivity index (χ3v) is 3.67. The van der Waals surface area contributed by atoms with E-state index in [4.69, 9.17) is 4.74 Å². The highest BCUT2D eigenvalue weighted by Gasteiger charge is 2.37. The van der Waals surface area contributed by atoms with Crippen molar-refractivity contribution in [2.24, 2.45) is 5.92 Å². The number of carbonyl (C=O) groups is 4. The molecular formula is C16H16F3N3O5. The Labute approximate surface area is 151 Å². The Balaban J connectivity index is 1.96. The number of hydrazine groups is 1. The summed E-state index contributed by atoms with van der Waals surface area (Å²) in [6.07, 6.45) is -4.80. The Morgan fingerprint density at radius 3 is 2.59 bits per heavy atom. The van der Waals surface area contributed by atoms with Crippen molar-refractivity contribution in [2.45, 2.75) is 19.5 Å². The van der Waals surface area contributed by atoms with Crippen LogP contribution in [0.2, 0.25) is 0 Å². The van der Waals surface area contributed by atoms with Gasteiger partial charge in [0.25, 0.3) is 5.91 Å². The molecule has 1 aliphatic rings.